The highest BCUT2D eigenvalue weighted by Gasteiger charge is 2.09. The van der Waals surface area contributed by atoms with Crippen LogP contribution in [0.4, 0.5) is 0 Å². The first-order chi connectivity index (χ1) is 7.76. The fourth-order valence-electron chi connectivity index (χ4n) is 1.43. The van der Waals surface area contributed by atoms with E-state index in [0.717, 1.165) is 17.7 Å². The highest BCUT2D eigenvalue weighted by Crippen LogP contribution is 2.35. The first-order valence-electron chi connectivity index (χ1n) is 5.23. The van der Waals surface area contributed by atoms with Gasteiger partial charge in [0.05, 0.1) is 21.3 Å². The van der Waals surface area contributed by atoms with Crippen molar-refractivity contribution >= 4 is 6.08 Å². The van der Waals surface area contributed by atoms with E-state index >= 15 is 0 Å². The lowest BCUT2D eigenvalue weighted by Gasteiger charge is -2.12. The summed E-state index contributed by atoms with van der Waals surface area (Å²) in [5.41, 5.74) is 0.988. The molecule has 3 nitrogen and oxygen atoms in total. The van der Waals surface area contributed by atoms with Crippen LogP contribution >= 0.6 is 0 Å². The molecular formula is C13H18O3. The second-order valence-electron chi connectivity index (χ2n) is 3.26. The molecule has 0 N–H and O–H groups in total. The molecule has 1 aromatic carbocycles. The molecule has 1 aromatic rings. The molecule has 0 aromatic heterocycles. The highest BCUT2D eigenvalue weighted by atomic mass is 16.5. The average Bonchev–Trinajstić information content (AvgIpc) is 2.35. The zero-order chi connectivity index (χ0) is 12.0. The Bertz CT molecular complexity index is 370. The molecule has 0 unspecified atom stereocenters. The van der Waals surface area contributed by atoms with Crippen molar-refractivity contribution in [2.24, 2.45) is 0 Å². The van der Waals surface area contributed by atoms with E-state index in [2.05, 4.69) is 13.0 Å². The molecule has 0 heterocycles. The fraction of sp³-hybridized carbons (Fsp3) is 0.385. The van der Waals surface area contributed by atoms with E-state index in [9.17, 15) is 0 Å². The van der Waals surface area contributed by atoms with Crippen LogP contribution < -0.4 is 14.2 Å². The summed E-state index contributed by atoms with van der Waals surface area (Å²) in [4.78, 5) is 0. The fourth-order valence-corrected chi connectivity index (χ4v) is 1.43. The van der Waals surface area contributed by atoms with Gasteiger partial charge in [-0.05, 0) is 12.5 Å². The Balaban J connectivity index is 3.20. The topological polar surface area (TPSA) is 27.7 Å². The summed E-state index contributed by atoms with van der Waals surface area (Å²) in [7, 11) is 4.88. The third-order valence-electron chi connectivity index (χ3n) is 2.27. The zero-order valence-corrected chi connectivity index (χ0v) is 10.2. The van der Waals surface area contributed by atoms with Gasteiger partial charge in [-0.15, -0.1) is 0 Å². The van der Waals surface area contributed by atoms with Crippen LogP contribution in [0.3, 0.4) is 0 Å². The molecular weight excluding hydrogens is 204 g/mol. The smallest absolute Gasteiger partial charge is 0.164 e. The molecule has 3 heteroatoms. The Morgan fingerprint density at radius 2 is 1.50 bits per heavy atom. The lowest BCUT2D eigenvalue weighted by molar-refractivity contribution is 0.348. The second-order valence-corrected chi connectivity index (χ2v) is 3.26. The summed E-state index contributed by atoms with van der Waals surface area (Å²) in [6.45, 7) is 2.09. The third-order valence-corrected chi connectivity index (χ3v) is 2.27. The molecule has 0 fully saturated rings. The van der Waals surface area contributed by atoms with Crippen molar-refractivity contribution in [3.8, 4) is 17.2 Å². The van der Waals surface area contributed by atoms with Gasteiger partial charge in [-0.2, -0.15) is 0 Å². The molecule has 0 aliphatic heterocycles. The van der Waals surface area contributed by atoms with E-state index in [-0.39, 0.29) is 0 Å². The number of hydrogen-bond acceptors (Lipinski definition) is 3. The van der Waals surface area contributed by atoms with Crippen molar-refractivity contribution in [3.63, 3.8) is 0 Å². The minimum atomic E-state index is 0.674. The van der Waals surface area contributed by atoms with E-state index in [4.69, 9.17) is 14.2 Å². The maximum absolute atomic E-state index is 5.30. The maximum Gasteiger partial charge on any atom is 0.164 e. The Morgan fingerprint density at radius 1 is 0.938 bits per heavy atom. The maximum atomic E-state index is 5.30. The SMILES string of the molecule is CCC=Cc1cc(OC)c(OC)cc1OC. The van der Waals surface area contributed by atoms with Crippen LogP contribution in [-0.2, 0) is 0 Å². The molecule has 1 rings (SSSR count). The number of methoxy groups -OCH3 is 3. The van der Waals surface area contributed by atoms with Gasteiger partial charge in [0, 0.05) is 11.6 Å². The van der Waals surface area contributed by atoms with Crippen molar-refractivity contribution in [1.29, 1.82) is 0 Å². The molecule has 0 aliphatic carbocycles. The minimum Gasteiger partial charge on any atom is -0.496 e. The number of benzene rings is 1. The highest BCUT2D eigenvalue weighted by molar-refractivity contribution is 5.63. The van der Waals surface area contributed by atoms with E-state index in [1.54, 1.807) is 21.3 Å². The van der Waals surface area contributed by atoms with Crippen LogP contribution in [0.1, 0.15) is 18.9 Å². The molecule has 0 saturated heterocycles. The van der Waals surface area contributed by atoms with Crippen molar-refractivity contribution in [3.05, 3.63) is 23.8 Å². The molecule has 0 radical (unpaired) electrons. The first kappa shape index (κ1) is 12.4. The molecule has 0 amide bonds. The van der Waals surface area contributed by atoms with E-state index in [0.29, 0.717) is 11.5 Å². The van der Waals surface area contributed by atoms with E-state index < -0.39 is 0 Å². The van der Waals surface area contributed by atoms with Crippen LogP contribution in [0.5, 0.6) is 17.2 Å². The summed E-state index contributed by atoms with van der Waals surface area (Å²) in [6, 6.07) is 3.73. The Kier molecular flexibility index (Phi) is 4.70. The lowest BCUT2D eigenvalue weighted by atomic mass is 10.1. The van der Waals surface area contributed by atoms with Gasteiger partial charge < -0.3 is 14.2 Å². The summed E-state index contributed by atoms with van der Waals surface area (Å²) in [6.07, 6.45) is 5.07. The molecule has 0 aliphatic rings. The van der Waals surface area contributed by atoms with Crippen LogP contribution in [0.2, 0.25) is 0 Å². The van der Waals surface area contributed by atoms with E-state index in [1.165, 1.54) is 0 Å². The molecule has 0 saturated carbocycles. The Morgan fingerprint density at radius 3 is 2.00 bits per heavy atom. The van der Waals surface area contributed by atoms with Gasteiger partial charge >= 0.3 is 0 Å². The number of hydrogen-bond donors (Lipinski definition) is 0. The summed E-state index contributed by atoms with van der Waals surface area (Å²) < 4.78 is 15.7. The largest absolute Gasteiger partial charge is 0.496 e. The minimum absolute atomic E-state index is 0.674. The van der Waals surface area contributed by atoms with Crippen molar-refractivity contribution in [2.45, 2.75) is 13.3 Å². The normalized spacial score (nSPS) is 10.5. The van der Waals surface area contributed by atoms with Crippen LogP contribution in [0.25, 0.3) is 6.08 Å². The van der Waals surface area contributed by atoms with Crippen LogP contribution in [-0.4, -0.2) is 21.3 Å². The summed E-state index contributed by atoms with van der Waals surface area (Å²) >= 11 is 0. The summed E-state index contributed by atoms with van der Waals surface area (Å²) in [5, 5.41) is 0. The zero-order valence-electron chi connectivity index (χ0n) is 10.2. The molecule has 16 heavy (non-hydrogen) atoms. The van der Waals surface area contributed by atoms with Gasteiger partial charge in [0.25, 0.3) is 0 Å². The monoisotopic (exact) mass is 222 g/mol. The second kappa shape index (κ2) is 6.05. The van der Waals surface area contributed by atoms with Gasteiger partial charge in [-0.25, -0.2) is 0 Å². The van der Waals surface area contributed by atoms with Crippen molar-refractivity contribution in [2.75, 3.05) is 21.3 Å². The van der Waals surface area contributed by atoms with Gasteiger partial charge in [-0.3, -0.25) is 0 Å². The third kappa shape index (κ3) is 2.69. The van der Waals surface area contributed by atoms with Crippen LogP contribution in [0.15, 0.2) is 18.2 Å². The first-order valence-corrected chi connectivity index (χ1v) is 5.23. The standard InChI is InChI=1S/C13H18O3/c1-5-6-7-10-8-12(15-3)13(16-4)9-11(10)14-2/h6-9H,5H2,1-4H3. The van der Waals surface area contributed by atoms with Gasteiger partial charge in [-0.1, -0.05) is 19.1 Å². The Hall–Kier alpha value is -1.64. The van der Waals surface area contributed by atoms with Gasteiger partial charge in [0.2, 0.25) is 0 Å². The number of ether oxygens (including phenoxy) is 3. The molecule has 0 atom stereocenters. The predicted molar refractivity (Wildman–Crippen MR) is 65.4 cm³/mol. The quantitative estimate of drug-likeness (QED) is 0.766. The lowest BCUT2D eigenvalue weighted by Crippen LogP contribution is -1.94. The Labute approximate surface area is 96.6 Å². The van der Waals surface area contributed by atoms with Gasteiger partial charge in [0.15, 0.2) is 11.5 Å². The van der Waals surface area contributed by atoms with Gasteiger partial charge in [0.1, 0.15) is 5.75 Å². The van der Waals surface area contributed by atoms with Crippen molar-refractivity contribution in [1.82, 2.24) is 0 Å². The van der Waals surface area contributed by atoms with Crippen molar-refractivity contribution < 1.29 is 14.2 Å². The van der Waals surface area contributed by atoms with Crippen LogP contribution in [0, 0.1) is 0 Å². The average molecular weight is 222 g/mol. The molecule has 0 spiro atoms. The summed E-state index contributed by atoms with van der Waals surface area (Å²) in [5.74, 6) is 2.16. The number of rotatable bonds is 5. The molecule has 88 valence electrons. The predicted octanol–water partition coefficient (Wildman–Crippen LogP) is 3.14. The van der Waals surface area contributed by atoms with E-state index in [1.807, 2.05) is 18.2 Å². The number of allylic oxidation sites excluding steroid dienone is 1. The molecule has 0 bridgehead atoms.